The van der Waals surface area contributed by atoms with E-state index in [-0.39, 0.29) is 29.8 Å². The van der Waals surface area contributed by atoms with Crippen LogP contribution >= 0.6 is 12.4 Å². The zero-order valence-electron chi connectivity index (χ0n) is 10.4. The average Bonchev–Trinajstić information content (AvgIpc) is 2.32. The number of hydrogen-bond donors (Lipinski definition) is 2. The highest BCUT2D eigenvalue weighted by Gasteiger charge is 2.21. The SMILES string of the molecule is Cl.O=S(=O)(Cc1ccccc1F)NC1CCCNC1. The molecule has 0 aliphatic carbocycles. The second-order valence-electron chi connectivity index (χ2n) is 4.51. The second kappa shape index (κ2) is 7.19. The molecule has 2 rings (SSSR count). The van der Waals surface area contributed by atoms with Gasteiger partial charge in [0, 0.05) is 18.2 Å². The number of rotatable bonds is 4. The van der Waals surface area contributed by atoms with Gasteiger partial charge in [-0.2, -0.15) is 0 Å². The smallest absolute Gasteiger partial charge is 0.216 e. The Kier molecular flexibility index (Phi) is 6.19. The largest absolute Gasteiger partial charge is 0.315 e. The van der Waals surface area contributed by atoms with Gasteiger partial charge in [0.25, 0.3) is 0 Å². The van der Waals surface area contributed by atoms with Crippen LogP contribution < -0.4 is 10.0 Å². The number of halogens is 2. The lowest BCUT2D eigenvalue weighted by Gasteiger charge is -2.23. The number of nitrogens with one attached hydrogen (secondary N) is 2. The van der Waals surface area contributed by atoms with Crippen LogP contribution in [-0.4, -0.2) is 27.5 Å². The molecule has 1 aliphatic rings. The molecule has 7 heteroatoms. The molecule has 19 heavy (non-hydrogen) atoms. The Hall–Kier alpha value is -0.690. The van der Waals surface area contributed by atoms with Crippen molar-refractivity contribution >= 4 is 22.4 Å². The molecule has 1 aromatic rings. The molecule has 0 amide bonds. The third-order valence-corrected chi connectivity index (χ3v) is 4.33. The van der Waals surface area contributed by atoms with Gasteiger partial charge < -0.3 is 5.32 Å². The van der Waals surface area contributed by atoms with Crippen LogP contribution in [0.5, 0.6) is 0 Å². The number of sulfonamides is 1. The molecular formula is C12H18ClFN2O2S. The minimum Gasteiger partial charge on any atom is -0.315 e. The molecule has 1 aromatic carbocycles. The van der Waals surface area contributed by atoms with E-state index in [4.69, 9.17) is 0 Å². The summed E-state index contributed by atoms with van der Waals surface area (Å²) in [7, 11) is -3.49. The minimum absolute atomic E-state index is 0. The van der Waals surface area contributed by atoms with E-state index >= 15 is 0 Å². The monoisotopic (exact) mass is 308 g/mol. The van der Waals surface area contributed by atoms with E-state index in [0.717, 1.165) is 19.4 Å². The van der Waals surface area contributed by atoms with Gasteiger partial charge in [0.2, 0.25) is 10.0 Å². The van der Waals surface area contributed by atoms with Gasteiger partial charge in [-0.25, -0.2) is 17.5 Å². The van der Waals surface area contributed by atoms with Crippen LogP contribution in [0.15, 0.2) is 24.3 Å². The Morgan fingerprint density at radius 2 is 2.11 bits per heavy atom. The maximum atomic E-state index is 13.4. The van der Waals surface area contributed by atoms with Crippen LogP contribution in [0, 0.1) is 5.82 Å². The first-order chi connectivity index (χ1) is 8.57. The lowest BCUT2D eigenvalue weighted by molar-refractivity contribution is 0.428. The first kappa shape index (κ1) is 16.4. The van der Waals surface area contributed by atoms with Gasteiger partial charge in [-0.1, -0.05) is 18.2 Å². The van der Waals surface area contributed by atoms with Gasteiger partial charge in [-0.05, 0) is 25.5 Å². The molecule has 1 heterocycles. The fraction of sp³-hybridized carbons (Fsp3) is 0.500. The van der Waals surface area contributed by atoms with E-state index in [9.17, 15) is 12.8 Å². The number of piperidine rings is 1. The van der Waals surface area contributed by atoms with Crippen molar-refractivity contribution in [2.45, 2.75) is 24.6 Å². The molecule has 0 saturated carbocycles. The molecule has 1 fully saturated rings. The zero-order valence-corrected chi connectivity index (χ0v) is 12.1. The summed E-state index contributed by atoms with van der Waals surface area (Å²) in [5.74, 6) is -0.791. The highest BCUT2D eigenvalue weighted by atomic mass is 35.5. The Bertz CT molecular complexity index is 504. The van der Waals surface area contributed by atoms with E-state index in [2.05, 4.69) is 10.0 Å². The first-order valence-electron chi connectivity index (χ1n) is 6.01. The van der Waals surface area contributed by atoms with Crippen molar-refractivity contribution in [1.29, 1.82) is 0 Å². The van der Waals surface area contributed by atoms with Gasteiger partial charge in [-0.3, -0.25) is 0 Å². The lowest BCUT2D eigenvalue weighted by atomic mass is 10.1. The van der Waals surface area contributed by atoms with E-state index < -0.39 is 15.8 Å². The number of hydrogen-bond acceptors (Lipinski definition) is 3. The maximum absolute atomic E-state index is 13.4. The van der Waals surface area contributed by atoms with Crippen molar-refractivity contribution in [3.8, 4) is 0 Å². The quantitative estimate of drug-likeness (QED) is 0.884. The predicted molar refractivity (Wildman–Crippen MR) is 75.3 cm³/mol. The van der Waals surface area contributed by atoms with Gasteiger partial charge >= 0.3 is 0 Å². The molecule has 0 radical (unpaired) electrons. The Morgan fingerprint density at radius 3 is 2.74 bits per heavy atom. The van der Waals surface area contributed by atoms with Gasteiger partial charge in [0.05, 0.1) is 5.75 Å². The number of benzene rings is 1. The van der Waals surface area contributed by atoms with Gasteiger partial charge in [-0.15, -0.1) is 12.4 Å². The molecule has 1 saturated heterocycles. The van der Waals surface area contributed by atoms with Crippen molar-refractivity contribution < 1.29 is 12.8 Å². The van der Waals surface area contributed by atoms with Crippen molar-refractivity contribution in [2.24, 2.45) is 0 Å². The van der Waals surface area contributed by atoms with E-state index in [1.807, 2.05) is 0 Å². The molecule has 1 aliphatic heterocycles. The molecule has 0 bridgehead atoms. The van der Waals surface area contributed by atoms with E-state index in [1.54, 1.807) is 12.1 Å². The predicted octanol–water partition coefficient (Wildman–Crippen LogP) is 1.42. The topological polar surface area (TPSA) is 58.2 Å². The van der Waals surface area contributed by atoms with Crippen molar-refractivity contribution in [2.75, 3.05) is 13.1 Å². The molecule has 0 aromatic heterocycles. The summed E-state index contributed by atoms with van der Waals surface area (Å²) in [6, 6.07) is 5.86. The minimum atomic E-state index is -3.49. The van der Waals surface area contributed by atoms with Gasteiger partial charge in [0.1, 0.15) is 5.82 Å². The summed E-state index contributed by atoms with van der Waals surface area (Å²) in [5.41, 5.74) is 0.203. The molecule has 1 atom stereocenters. The fourth-order valence-corrected chi connectivity index (χ4v) is 3.50. The standard InChI is InChI=1S/C12H17FN2O2S.ClH/c13-12-6-2-1-4-10(12)9-18(16,17)15-11-5-3-7-14-8-11;/h1-2,4,6,11,14-15H,3,5,7-9H2;1H. The first-order valence-corrected chi connectivity index (χ1v) is 7.66. The van der Waals surface area contributed by atoms with Crippen molar-refractivity contribution in [1.82, 2.24) is 10.0 Å². The van der Waals surface area contributed by atoms with Crippen LogP contribution in [-0.2, 0) is 15.8 Å². The van der Waals surface area contributed by atoms with Crippen LogP contribution in [0.4, 0.5) is 4.39 Å². The second-order valence-corrected chi connectivity index (χ2v) is 6.27. The van der Waals surface area contributed by atoms with Crippen LogP contribution in [0.3, 0.4) is 0 Å². The Labute approximate surface area is 119 Å². The molecule has 1 unspecified atom stereocenters. The third kappa shape index (κ3) is 5.06. The fourth-order valence-electron chi connectivity index (χ4n) is 2.07. The zero-order chi connectivity index (χ0) is 13.0. The molecule has 0 spiro atoms. The van der Waals surface area contributed by atoms with Crippen molar-refractivity contribution in [3.05, 3.63) is 35.6 Å². The Morgan fingerprint density at radius 1 is 1.37 bits per heavy atom. The highest BCUT2D eigenvalue weighted by molar-refractivity contribution is 7.88. The summed E-state index contributed by atoms with van der Waals surface area (Å²) in [6.45, 7) is 1.56. The highest BCUT2D eigenvalue weighted by Crippen LogP contribution is 2.11. The van der Waals surface area contributed by atoms with E-state index in [1.165, 1.54) is 12.1 Å². The summed E-state index contributed by atoms with van der Waals surface area (Å²) in [6.07, 6.45) is 1.77. The average molecular weight is 309 g/mol. The lowest BCUT2D eigenvalue weighted by Crippen LogP contribution is -2.45. The van der Waals surface area contributed by atoms with Crippen LogP contribution in [0.25, 0.3) is 0 Å². The molecular weight excluding hydrogens is 291 g/mol. The Balaban J connectivity index is 0.00000180. The molecule has 4 nitrogen and oxygen atoms in total. The summed E-state index contributed by atoms with van der Waals surface area (Å²) < 4.78 is 39.8. The molecule has 2 N–H and O–H groups in total. The third-order valence-electron chi connectivity index (χ3n) is 2.95. The summed E-state index contributed by atoms with van der Waals surface area (Å²) >= 11 is 0. The summed E-state index contributed by atoms with van der Waals surface area (Å²) in [4.78, 5) is 0. The normalized spacial score (nSPS) is 19.7. The van der Waals surface area contributed by atoms with Crippen LogP contribution in [0.1, 0.15) is 18.4 Å². The summed E-state index contributed by atoms with van der Waals surface area (Å²) in [5, 5.41) is 3.13. The molecule has 108 valence electrons. The van der Waals surface area contributed by atoms with Crippen LogP contribution in [0.2, 0.25) is 0 Å². The van der Waals surface area contributed by atoms with Crippen molar-refractivity contribution in [3.63, 3.8) is 0 Å². The van der Waals surface area contributed by atoms with E-state index in [0.29, 0.717) is 6.54 Å². The van der Waals surface area contributed by atoms with Gasteiger partial charge in [0.15, 0.2) is 0 Å². The maximum Gasteiger partial charge on any atom is 0.216 e.